The van der Waals surface area contributed by atoms with Crippen LogP contribution in [0.15, 0.2) is 63.8 Å². The first-order valence-corrected chi connectivity index (χ1v) is 9.95. The highest BCUT2D eigenvalue weighted by atomic mass is 16.5. The Morgan fingerprint density at radius 1 is 1.10 bits per heavy atom. The summed E-state index contributed by atoms with van der Waals surface area (Å²) in [5.41, 5.74) is 2.23. The van der Waals surface area contributed by atoms with Gasteiger partial charge in [-0.05, 0) is 43.2 Å². The molecule has 1 aromatic carbocycles. The molecule has 0 N–H and O–H groups in total. The van der Waals surface area contributed by atoms with Gasteiger partial charge in [0.15, 0.2) is 0 Å². The lowest BCUT2D eigenvalue weighted by Gasteiger charge is -2.08. The largest absolute Gasteiger partial charge is 0.475 e. The van der Waals surface area contributed by atoms with E-state index in [2.05, 4.69) is 17.6 Å². The number of aromatic nitrogens is 1. The fourth-order valence-corrected chi connectivity index (χ4v) is 2.79. The van der Waals surface area contributed by atoms with E-state index >= 15 is 0 Å². The molecule has 7 heteroatoms. The third-order valence-electron chi connectivity index (χ3n) is 4.40. The second kappa shape index (κ2) is 11.1. The number of pyridine rings is 1. The lowest BCUT2D eigenvalue weighted by atomic mass is 10.0. The Bertz CT molecular complexity index is 1150. The van der Waals surface area contributed by atoms with Crippen LogP contribution in [0, 0.1) is 11.3 Å². The monoisotopic (exact) mass is 420 g/mol. The molecule has 0 atom stereocenters. The van der Waals surface area contributed by atoms with Crippen molar-refractivity contribution in [1.29, 1.82) is 5.26 Å². The zero-order valence-corrected chi connectivity index (χ0v) is 17.4. The van der Waals surface area contributed by atoms with Crippen LogP contribution in [-0.2, 0) is 9.47 Å². The number of nitrogens with zero attached hydrogens (tertiary/aromatic N) is 2. The van der Waals surface area contributed by atoms with Crippen LogP contribution in [-0.4, -0.2) is 38.0 Å². The first-order valence-electron chi connectivity index (χ1n) is 9.95. The fourth-order valence-electron chi connectivity index (χ4n) is 2.79. The number of ether oxygens (including phenoxy) is 3. The molecule has 2 heterocycles. The Balaban J connectivity index is 1.54. The van der Waals surface area contributed by atoms with Crippen molar-refractivity contribution < 1.29 is 18.6 Å². The molecule has 0 spiro atoms. The summed E-state index contributed by atoms with van der Waals surface area (Å²) in [4.78, 5) is 16.7. The highest BCUT2D eigenvalue weighted by Crippen LogP contribution is 2.22. The molecule has 2 aromatic heterocycles. The van der Waals surface area contributed by atoms with Crippen LogP contribution in [0.1, 0.15) is 18.9 Å². The van der Waals surface area contributed by atoms with Crippen LogP contribution in [0.25, 0.3) is 22.2 Å². The van der Waals surface area contributed by atoms with Crippen molar-refractivity contribution in [2.24, 2.45) is 0 Å². The summed E-state index contributed by atoms with van der Waals surface area (Å²) in [5, 5.41) is 9.72. The summed E-state index contributed by atoms with van der Waals surface area (Å²) >= 11 is 0. The van der Waals surface area contributed by atoms with Gasteiger partial charge in [0, 0.05) is 11.5 Å². The van der Waals surface area contributed by atoms with E-state index in [1.165, 1.54) is 0 Å². The summed E-state index contributed by atoms with van der Waals surface area (Å²) in [6.45, 7) is 8.14. The second-order valence-electron chi connectivity index (χ2n) is 6.96. The van der Waals surface area contributed by atoms with Gasteiger partial charge in [0.05, 0.1) is 43.6 Å². The minimum atomic E-state index is -0.526. The molecule has 0 aliphatic heterocycles. The molecule has 160 valence electrons. The molecular formula is C24H24N2O5. The average molecular weight is 420 g/mol. The molecule has 31 heavy (non-hydrogen) atoms. The topological polar surface area (TPSA) is 94.6 Å². The van der Waals surface area contributed by atoms with Gasteiger partial charge in [-0.1, -0.05) is 17.7 Å². The Labute approximate surface area is 180 Å². The van der Waals surface area contributed by atoms with E-state index in [1.807, 2.05) is 6.92 Å². The molecule has 0 unspecified atom stereocenters. The number of benzene rings is 1. The number of hydrogen-bond donors (Lipinski definition) is 0. The van der Waals surface area contributed by atoms with Gasteiger partial charge in [-0.15, -0.1) is 6.58 Å². The van der Waals surface area contributed by atoms with Gasteiger partial charge in [0.1, 0.15) is 6.61 Å². The van der Waals surface area contributed by atoms with Crippen molar-refractivity contribution in [2.75, 3.05) is 33.0 Å². The van der Waals surface area contributed by atoms with Crippen molar-refractivity contribution in [3.63, 3.8) is 0 Å². The van der Waals surface area contributed by atoms with Gasteiger partial charge < -0.3 is 18.6 Å². The van der Waals surface area contributed by atoms with Crippen LogP contribution in [0.4, 0.5) is 0 Å². The maximum Gasteiger partial charge on any atom is 0.345 e. The SMILES string of the molecule is C=C(C)CCOCCOCCOc1ccc2cc(-c3cccc(C#N)c3)c(=O)oc2n1. The lowest BCUT2D eigenvalue weighted by molar-refractivity contribution is 0.0368. The van der Waals surface area contributed by atoms with Crippen molar-refractivity contribution in [3.8, 4) is 23.1 Å². The zero-order chi connectivity index (χ0) is 22.1. The number of hydrogen-bond acceptors (Lipinski definition) is 7. The van der Waals surface area contributed by atoms with Crippen LogP contribution in [0.3, 0.4) is 0 Å². The molecule has 0 saturated carbocycles. The quantitative estimate of drug-likeness (QED) is 0.340. The van der Waals surface area contributed by atoms with E-state index in [-0.39, 0.29) is 5.71 Å². The first kappa shape index (κ1) is 22.2. The standard InChI is InChI=1S/C24H24N2O5/c1-17(2)8-9-28-10-11-29-12-13-30-22-7-6-20-15-21(24(27)31-23(20)26-22)19-5-3-4-18(14-19)16-25/h3-7,14-15H,1,8-13H2,2H3. The summed E-state index contributed by atoms with van der Waals surface area (Å²) in [6.07, 6.45) is 0.848. The average Bonchev–Trinajstić information content (AvgIpc) is 2.77. The minimum Gasteiger partial charge on any atom is -0.475 e. The highest BCUT2D eigenvalue weighted by molar-refractivity contribution is 5.79. The van der Waals surface area contributed by atoms with E-state index in [0.717, 1.165) is 12.0 Å². The lowest BCUT2D eigenvalue weighted by Crippen LogP contribution is -2.11. The Hall–Kier alpha value is -3.47. The second-order valence-corrected chi connectivity index (χ2v) is 6.96. The molecule has 0 saturated heterocycles. The number of nitriles is 1. The summed E-state index contributed by atoms with van der Waals surface area (Å²) in [7, 11) is 0. The van der Waals surface area contributed by atoms with Gasteiger partial charge in [-0.2, -0.15) is 10.2 Å². The van der Waals surface area contributed by atoms with Crippen LogP contribution in [0.2, 0.25) is 0 Å². The molecular weight excluding hydrogens is 396 g/mol. The van der Waals surface area contributed by atoms with Gasteiger partial charge >= 0.3 is 5.63 Å². The van der Waals surface area contributed by atoms with Gasteiger partial charge in [-0.3, -0.25) is 0 Å². The fraction of sp³-hybridized carbons (Fsp3) is 0.292. The van der Waals surface area contributed by atoms with Crippen molar-refractivity contribution in [2.45, 2.75) is 13.3 Å². The Morgan fingerprint density at radius 2 is 1.87 bits per heavy atom. The smallest absolute Gasteiger partial charge is 0.345 e. The summed E-state index contributed by atoms with van der Waals surface area (Å²) in [6, 6.07) is 14.1. The van der Waals surface area contributed by atoms with Crippen LogP contribution >= 0.6 is 0 Å². The Morgan fingerprint density at radius 3 is 2.65 bits per heavy atom. The molecule has 0 bridgehead atoms. The molecule has 3 aromatic rings. The van der Waals surface area contributed by atoms with E-state index in [9.17, 15) is 4.79 Å². The normalized spacial score (nSPS) is 10.7. The third kappa shape index (κ3) is 6.51. The summed E-state index contributed by atoms with van der Waals surface area (Å²) in [5.74, 6) is 0.344. The maximum atomic E-state index is 12.4. The van der Waals surface area contributed by atoms with E-state index in [1.54, 1.807) is 42.5 Å². The van der Waals surface area contributed by atoms with Crippen molar-refractivity contribution >= 4 is 11.1 Å². The van der Waals surface area contributed by atoms with Gasteiger partial charge in [0.2, 0.25) is 11.6 Å². The van der Waals surface area contributed by atoms with Crippen molar-refractivity contribution in [3.05, 3.63) is 70.6 Å². The van der Waals surface area contributed by atoms with E-state index in [4.69, 9.17) is 23.9 Å². The maximum absolute atomic E-state index is 12.4. The predicted octanol–water partition coefficient (Wildman–Crippen LogP) is 4.10. The highest BCUT2D eigenvalue weighted by Gasteiger charge is 2.10. The molecule has 0 aliphatic carbocycles. The molecule has 7 nitrogen and oxygen atoms in total. The number of fused-ring (bicyclic) bond motifs is 1. The zero-order valence-electron chi connectivity index (χ0n) is 17.4. The summed E-state index contributed by atoms with van der Waals surface area (Å²) < 4.78 is 21.8. The molecule has 0 amide bonds. The molecule has 0 radical (unpaired) electrons. The van der Waals surface area contributed by atoms with Crippen LogP contribution < -0.4 is 10.4 Å². The molecule has 0 fully saturated rings. The third-order valence-corrected chi connectivity index (χ3v) is 4.40. The molecule has 0 aliphatic rings. The first-order chi connectivity index (χ1) is 15.1. The van der Waals surface area contributed by atoms with Gasteiger partial charge in [0.25, 0.3) is 0 Å². The minimum absolute atomic E-state index is 0.189. The van der Waals surface area contributed by atoms with E-state index in [0.29, 0.717) is 61.0 Å². The van der Waals surface area contributed by atoms with Gasteiger partial charge in [-0.25, -0.2) is 4.79 Å². The predicted molar refractivity (Wildman–Crippen MR) is 117 cm³/mol. The Kier molecular flexibility index (Phi) is 7.93. The molecule has 3 rings (SSSR count). The number of rotatable bonds is 11. The van der Waals surface area contributed by atoms with E-state index < -0.39 is 5.63 Å². The van der Waals surface area contributed by atoms with Crippen LogP contribution in [0.5, 0.6) is 5.88 Å². The van der Waals surface area contributed by atoms with Crippen molar-refractivity contribution in [1.82, 2.24) is 4.98 Å².